The molecule has 3 nitrogen and oxygen atoms in total. The van der Waals surface area contributed by atoms with Gasteiger partial charge in [-0.15, -0.1) is 0 Å². The Morgan fingerprint density at radius 1 is 1.39 bits per heavy atom. The molecule has 0 aliphatic rings. The molecule has 5 heteroatoms. The number of aryl methyl sites for hydroxylation is 1. The molecule has 0 amide bonds. The van der Waals surface area contributed by atoms with Gasteiger partial charge in [-0.25, -0.2) is 9.37 Å². The minimum Gasteiger partial charge on any atom is -0.383 e. The SMILES string of the molecule is Cc1ccnc(N)c1C(O)c1ccc(F)cc1Br. The fourth-order valence-electron chi connectivity index (χ4n) is 1.83. The lowest BCUT2D eigenvalue weighted by atomic mass is 9.98. The molecule has 0 saturated carbocycles. The zero-order valence-electron chi connectivity index (χ0n) is 9.69. The standard InChI is InChI=1S/C13H12BrFN2O/c1-7-4-5-17-13(16)11(7)12(18)9-3-2-8(15)6-10(9)14/h2-6,12,18H,1H3,(H2,16,17). The van der Waals surface area contributed by atoms with Gasteiger partial charge in [-0.1, -0.05) is 22.0 Å². The quantitative estimate of drug-likeness (QED) is 0.896. The van der Waals surface area contributed by atoms with Crippen molar-refractivity contribution in [2.75, 3.05) is 5.73 Å². The number of aliphatic hydroxyl groups is 1. The second-order valence-electron chi connectivity index (χ2n) is 4.00. The first-order valence-corrected chi connectivity index (χ1v) is 6.14. The summed E-state index contributed by atoms with van der Waals surface area (Å²) in [6.07, 6.45) is 0.648. The molecular weight excluding hydrogens is 299 g/mol. The van der Waals surface area contributed by atoms with Crippen molar-refractivity contribution in [3.63, 3.8) is 0 Å². The number of rotatable bonds is 2. The number of aliphatic hydroxyl groups excluding tert-OH is 1. The molecule has 2 rings (SSSR count). The highest BCUT2D eigenvalue weighted by molar-refractivity contribution is 9.10. The van der Waals surface area contributed by atoms with E-state index in [9.17, 15) is 9.50 Å². The van der Waals surface area contributed by atoms with Crippen molar-refractivity contribution >= 4 is 21.7 Å². The Balaban J connectivity index is 2.51. The van der Waals surface area contributed by atoms with Crippen LogP contribution in [0.2, 0.25) is 0 Å². The van der Waals surface area contributed by atoms with E-state index >= 15 is 0 Å². The smallest absolute Gasteiger partial charge is 0.129 e. The van der Waals surface area contributed by atoms with Gasteiger partial charge in [0.1, 0.15) is 17.7 Å². The summed E-state index contributed by atoms with van der Waals surface area (Å²) < 4.78 is 13.5. The van der Waals surface area contributed by atoms with E-state index in [4.69, 9.17) is 5.73 Å². The zero-order valence-corrected chi connectivity index (χ0v) is 11.3. The van der Waals surface area contributed by atoms with Crippen LogP contribution < -0.4 is 5.73 Å². The molecule has 1 heterocycles. The topological polar surface area (TPSA) is 59.1 Å². The number of hydrogen-bond acceptors (Lipinski definition) is 3. The van der Waals surface area contributed by atoms with Crippen molar-refractivity contribution in [2.45, 2.75) is 13.0 Å². The number of nitrogens with zero attached hydrogens (tertiary/aromatic N) is 1. The highest BCUT2D eigenvalue weighted by Crippen LogP contribution is 2.32. The molecule has 0 saturated heterocycles. The van der Waals surface area contributed by atoms with Gasteiger partial charge in [0, 0.05) is 16.2 Å². The number of nitrogens with two attached hydrogens (primary N) is 1. The number of aromatic nitrogens is 1. The molecule has 2 aromatic rings. The fourth-order valence-corrected chi connectivity index (χ4v) is 2.39. The van der Waals surface area contributed by atoms with Crippen LogP contribution in [0.1, 0.15) is 22.8 Å². The molecule has 1 unspecified atom stereocenters. The Morgan fingerprint density at radius 2 is 2.11 bits per heavy atom. The molecular formula is C13H12BrFN2O. The second kappa shape index (κ2) is 5.04. The molecule has 0 aliphatic heterocycles. The summed E-state index contributed by atoms with van der Waals surface area (Å²) in [6, 6.07) is 5.90. The van der Waals surface area contributed by atoms with Crippen LogP contribution in [0.5, 0.6) is 0 Å². The van der Waals surface area contributed by atoms with Crippen molar-refractivity contribution in [3.05, 3.63) is 57.4 Å². The van der Waals surface area contributed by atoms with Gasteiger partial charge >= 0.3 is 0 Å². The summed E-state index contributed by atoms with van der Waals surface area (Å²) in [4.78, 5) is 3.96. The lowest BCUT2D eigenvalue weighted by molar-refractivity contribution is 0.219. The normalized spacial score (nSPS) is 12.4. The van der Waals surface area contributed by atoms with Gasteiger partial charge in [0.2, 0.25) is 0 Å². The third-order valence-electron chi connectivity index (χ3n) is 2.77. The van der Waals surface area contributed by atoms with Crippen LogP contribution >= 0.6 is 15.9 Å². The Morgan fingerprint density at radius 3 is 2.72 bits per heavy atom. The molecule has 0 aliphatic carbocycles. The fraction of sp³-hybridized carbons (Fsp3) is 0.154. The predicted octanol–water partition coefficient (Wildman–Crippen LogP) is 2.96. The first-order chi connectivity index (χ1) is 8.50. The van der Waals surface area contributed by atoms with E-state index in [2.05, 4.69) is 20.9 Å². The maximum atomic E-state index is 13.0. The van der Waals surface area contributed by atoms with Crippen molar-refractivity contribution in [3.8, 4) is 0 Å². The van der Waals surface area contributed by atoms with Crippen LogP contribution in [0.15, 0.2) is 34.9 Å². The summed E-state index contributed by atoms with van der Waals surface area (Å²) in [5.41, 5.74) is 7.72. The van der Waals surface area contributed by atoms with Crippen molar-refractivity contribution in [1.82, 2.24) is 4.98 Å². The van der Waals surface area contributed by atoms with Crippen LogP contribution in [0, 0.1) is 12.7 Å². The molecule has 0 fully saturated rings. The van der Waals surface area contributed by atoms with E-state index in [1.54, 1.807) is 12.3 Å². The molecule has 3 N–H and O–H groups in total. The van der Waals surface area contributed by atoms with E-state index in [1.165, 1.54) is 18.2 Å². The van der Waals surface area contributed by atoms with E-state index in [0.29, 0.717) is 15.6 Å². The number of pyridine rings is 1. The first kappa shape index (κ1) is 13.0. The number of benzene rings is 1. The lowest BCUT2D eigenvalue weighted by Crippen LogP contribution is -2.08. The summed E-state index contributed by atoms with van der Waals surface area (Å²) >= 11 is 3.23. The zero-order chi connectivity index (χ0) is 13.3. The van der Waals surface area contributed by atoms with Crippen LogP contribution in [-0.4, -0.2) is 10.1 Å². The third-order valence-corrected chi connectivity index (χ3v) is 3.46. The van der Waals surface area contributed by atoms with E-state index in [-0.39, 0.29) is 11.6 Å². The van der Waals surface area contributed by atoms with Gasteiger partial charge < -0.3 is 10.8 Å². The van der Waals surface area contributed by atoms with Gasteiger partial charge in [0.15, 0.2) is 0 Å². The van der Waals surface area contributed by atoms with Crippen LogP contribution in [0.25, 0.3) is 0 Å². The Kier molecular flexibility index (Phi) is 3.63. The summed E-state index contributed by atoms with van der Waals surface area (Å²) in [5.74, 6) is -0.0903. The van der Waals surface area contributed by atoms with Crippen molar-refractivity contribution in [1.29, 1.82) is 0 Å². The first-order valence-electron chi connectivity index (χ1n) is 5.34. The average Bonchev–Trinajstić information content (AvgIpc) is 2.28. The Bertz CT molecular complexity index is 569. The molecule has 1 aromatic carbocycles. The van der Waals surface area contributed by atoms with Crippen LogP contribution in [0.4, 0.5) is 10.2 Å². The molecule has 0 bridgehead atoms. The van der Waals surface area contributed by atoms with Crippen LogP contribution in [0.3, 0.4) is 0 Å². The summed E-state index contributed by atoms with van der Waals surface area (Å²) in [6.45, 7) is 1.84. The van der Waals surface area contributed by atoms with Gasteiger partial charge in [-0.3, -0.25) is 0 Å². The summed E-state index contributed by atoms with van der Waals surface area (Å²) in [5, 5.41) is 10.4. The number of hydrogen-bond donors (Lipinski definition) is 2. The number of halogens is 2. The molecule has 94 valence electrons. The largest absolute Gasteiger partial charge is 0.383 e. The predicted molar refractivity (Wildman–Crippen MR) is 71.5 cm³/mol. The highest BCUT2D eigenvalue weighted by atomic mass is 79.9. The average molecular weight is 311 g/mol. The minimum absolute atomic E-state index is 0.277. The van der Waals surface area contributed by atoms with Gasteiger partial charge in [-0.05, 0) is 36.2 Å². The maximum Gasteiger partial charge on any atom is 0.129 e. The maximum absolute atomic E-state index is 13.0. The summed E-state index contributed by atoms with van der Waals surface area (Å²) in [7, 11) is 0. The van der Waals surface area contributed by atoms with Gasteiger partial charge in [0.25, 0.3) is 0 Å². The van der Waals surface area contributed by atoms with E-state index in [0.717, 1.165) is 5.56 Å². The third kappa shape index (κ3) is 2.37. The lowest BCUT2D eigenvalue weighted by Gasteiger charge is -2.17. The van der Waals surface area contributed by atoms with Crippen molar-refractivity contribution in [2.24, 2.45) is 0 Å². The minimum atomic E-state index is -0.936. The molecule has 0 spiro atoms. The molecule has 1 atom stereocenters. The van der Waals surface area contributed by atoms with Gasteiger partial charge in [0.05, 0.1) is 0 Å². The molecule has 1 aromatic heterocycles. The van der Waals surface area contributed by atoms with Crippen molar-refractivity contribution < 1.29 is 9.50 Å². The number of anilines is 1. The molecule has 18 heavy (non-hydrogen) atoms. The Labute approximate surface area is 113 Å². The van der Waals surface area contributed by atoms with Crippen LogP contribution in [-0.2, 0) is 0 Å². The monoisotopic (exact) mass is 310 g/mol. The highest BCUT2D eigenvalue weighted by Gasteiger charge is 2.19. The van der Waals surface area contributed by atoms with E-state index < -0.39 is 6.10 Å². The second-order valence-corrected chi connectivity index (χ2v) is 4.85. The number of nitrogen functional groups attached to an aromatic ring is 1. The molecule has 0 radical (unpaired) electrons. The van der Waals surface area contributed by atoms with E-state index in [1.807, 2.05) is 6.92 Å². The Hall–Kier alpha value is -1.46. The van der Waals surface area contributed by atoms with Gasteiger partial charge in [-0.2, -0.15) is 0 Å².